The van der Waals surface area contributed by atoms with Crippen LogP contribution in [0.2, 0.25) is 10.0 Å². The number of allylic oxidation sites excluding steroid dienone is 2. The Bertz CT molecular complexity index is 2150. The summed E-state index contributed by atoms with van der Waals surface area (Å²) in [5.41, 5.74) is 0.733. The van der Waals surface area contributed by atoms with E-state index in [1.54, 1.807) is 18.2 Å². The summed E-state index contributed by atoms with van der Waals surface area (Å²) in [6, 6.07) is 9.82. The van der Waals surface area contributed by atoms with Gasteiger partial charge in [-0.2, -0.15) is 23.1 Å². The van der Waals surface area contributed by atoms with Crippen LogP contribution in [-0.4, -0.2) is 63.9 Å². The van der Waals surface area contributed by atoms with Crippen LogP contribution in [0.5, 0.6) is 11.5 Å². The number of pyridine rings is 1. The van der Waals surface area contributed by atoms with Crippen LogP contribution in [0.1, 0.15) is 35.4 Å². The van der Waals surface area contributed by atoms with Gasteiger partial charge in [-0.1, -0.05) is 47.0 Å². The molecule has 12 nitrogen and oxygen atoms in total. The molecule has 2 aliphatic heterocycles. The molecular weight excluding hydrogens is 812 g/mol. The number of phenolic OH excluding ortho intramolecular Hbond substituents is 1. The predicted molar refractivity (Wildman–Crippen MR) is 183 cm³/mol. The summed E-state index contributed by atoms with van der Waals surface area (Å²) < 4.78 is 50.7. The topological polar surface area (TPSA) is 155 Å². The molecule has 2 aromatic carbocycles. The lowest BCUT2D eigenvalue weighted by molar-refractivity contribution is -0.140. The number of carbonyl (C=O) groups is 5. The van der Waals surface area contributed by atoms with E-state index in [0.717, 1.165) is 7.11 Å². The fourth-order valence-corrected chi connectivity index (χ4v) is 9.14. The number of nitrogens with one attached hydrogen (secondary N) is 1. The number of fused-ring (bicyclic) bond motifs is 4. The highest BCUT2D eigenvalue weighted by molar-refractivity contribution is 9.10. The van der Waals surface area contributed by atoms with Gasteiger partial charge in [0.1, 0.15) is 0 Å². The SMILES string of the molecule is COC(=O)N1C(=O)[C@H]2[C@H](CC=C3[C@H]2C[C@H]2C(=O)N(Nc4ncc(C(F)(F)F)cc4Cl)C(=O)[C@@]2(c2ccc(Cl)cc2)[C@H]3c2cc(Br)c(O)c(OC)c2)C1=O. The number of phenols is 1. The van der Waals surface area contributed by atoms with Gasteiger partial charge in [0.15, 0.2) is 17.3 Å². The molecule has 2 N–H and O–H groups in total. The quantitative estimate of drug-likeness (QED) is 0.211. The van der Waals surface area contributed by atoms with Crippen LogP contribution in [0, 0.1) is 23.7 Å². The average Bonchev–Trinajstić information content (AvgIpc) is 3.50. The maximum Gasteiger partial charge on any atom is 0.423 e. The Morgan fingerprint density at radius 2 is 1.74 bits per heavy atom. The molecule has 2 saturated heterocycles. The maximum absolute atomic E-state index is 15.2. The molecule has 1 aromatic heterocycles. The van der Waals surface area contributed by atoms with E-state index in [-0.39, 0.29) is 28.8 Å². The first-order valence-electron chi connectivity index (χ1n) is 15.9. The van der Waals surface area contributed by atoms with Gasteiger partial charge >= 0.3 is 12.3 Å². The summed E-state index contributed by atoms with van der Waals surface area (Å²) in [6.45, 7) is 0. The molecule has 18 heteroatoms. The first-order chi connectivity index (χ1) is 25.1. The van der Waals surface area contributed by atoms with E-state index >= 15 is 4.79 Å². The molecule has 53 heavy (non-hydrogen) atoms. The number of alkyl halides is 3. The number of hydrogen-bond donors (Lipinski definition) is 2. The molecular formula is C35H26BrCl2F3N4O8. The Labute approximate surface area is 316 Å². The number of amides is 5. The average molecular weight is 838 g/mol. The van der Waals surface area contributed by atoms with Gasteiger partial charge in [-0.3, -0.25) is 24.6 Å². The van der Waals surface area contributed by atoms with Gasteiger partial charge in [-0.15, -0.1) is 0 Å². The number of rotatable bonds is 5. The van der Waals surface area contributed by atoms with Crippen LogP contribution >= 0.6 is 39.1 Å². The lowest BCUT2D eigenvalue weighted by atomic mass is 9.49. The summed E-state index contributed by atoms with van der Waals surface area (Å²) in [4.78, 5) is 74.2. The fraction of sp³-hybridized carbons (Fsp3) is 0.314. The highest BCUT2D eigenvalue weighted by atomic mass is 79.9. The number of hydrazine groups is 1. The second-order valence-electron chi connectivity index (χ2n) is 13.0. The number of hydrogen-bond acceptors (Lipinski definition) is 10. The first kappa shape index (κ1) is 36.7. The second kappa shape index (κ2) is 13.0. The van der Waals surface area contributed by atoms with Crippen LogP contribution < -0.4 is 10.2 Å². The monoisotopic (exact) mass is 836 g/mol. The van der Waals surface area contributed by atoms with E-state index in [1.807, 2.05) is 0 Å². The summed E-state index contributed by atoms with van der Waals surface area (Å²) in [5, 5.41) is 11.2. The zero-order valence-electron chi connectivity index (χ0n) is 27.4. The minimum atomic E-state index is -4.78. The lowest BCUT2D eigenvalue weighted by Crippen LogP contribution is -2.53. The number of nitrogens with zero attached hydrogens (tertiary/aromatic N) is 3. The molecule has 6 atom stereocenters. The van der Waals surface area contributed by atoms with E-state index in [2.05, 4.69) is 26.3 Å². The van der Waals surface area contributed by atoms with E-state index in [0.29, 0.717) is 43.9 Å². The normalized spacial score (nSPS) is 26.6. The van der Waals surface area contributed by atoms with Crippen LogP contribution in [0.4, 0.5) is 23.8 Å². The molecule has 2 aliphatic carbocycles. The minimum Gasteiger partial charge on any atom is -0.503 e. The van der Waals surface area contributed by atoms with Gasteiger partial charge < -0.3 is 14.6 Å². The number of imide groups is 4. The number of ether oxygens (including phenoxy) is 2. The summed E-state index contributed by atoms with van der Waals surface area (Å²) in [5.74, 6) is -9.30. The van der Waals surface area contributed by atoms with Crippen molar-refractivity contribution in [3.8, 4) is 11.5 Å². The van der Waals surface area contributed by atoms with E-state index < -0.39 is 87.3 Å². The van der Waals surface area contributed by atoms with E-state index in [4.69, 9.17) is 32.7 Å². The van der Waals surface area contributed by atoms with Crippen molar-refractivity contribution < 1.29 is 51.7 Å². The second-order valence-corrected chi connectivity index (χ2v) is 14.7. The number of likely N-dealkylation sites (tertiary alicyclic amines) is 1. The number of halogens is 6. The molecule has 3 heterocycles. The molecule has 7 rings (SSSR count). The smallest absolute Gasteiger partial charge is 0.423 e. The number of aromatic nitrogens is 1. The number of anilines is 1. The third-order valence-corrected chi connectivity index (χ3v) is 11.7. The van der Waals surface area contributed by atoms with E-state index in [1.165, 1.54) is 31.4 Å². The van der Waals surface area contributed by atoms with E-state index in [9.17, 15) is 37.5 Å². The predicted octanol–water partition coefficient (Wildman–Crippen LogP) is 6.64. The fourth-order valence-electron chi connectivity index (χ4n) is 8.35. The number of aromatic hydroxyl groups is 1. The summed E-state index contributed by atoms with van der Waals surface area (Å²) in [6.07, 6.45) is -3.88. The van der Waals surface area contributed by atoms with Gasteiger partial charge in [0, 0.05) is 17.1 Å². The summed E-state index contributed by atoms with van der Waals surface area (Å²) >= 11 is 15.8. The van der Waals surface area contributed by atoms with Gasteiger partial charge in [-0.25, -0.2) is 9.78 Å². The van der Waals surface area contributed by atoms with Gasteiger partial charge in [0.2, 0.25) is 11.8 Å². The molecule has 0 spiro atoms. The number of methoxy groups -OCH3 is 2. The molecule has 276 valence electrons. The Morgan fingerprint density at radius 1 is 1.04 bits per heavy atom. The Balaban J connectivity index is 1.46. The molecule has 0 bridgehead atoms. The highest BCUT2D eigenvalue weighted by Gasteiger charge is 2.70. The number of carbonyl (C=O) groups excluding carboxylic acids is 5. The lowest BCUT2D eigenvalue weighted by Gasteiger charge is -2.50. The van der Waals surface area contributed by atoms with Gasteiger partial charge in [0.05, 0.1) is 52.4 Å². The van der Waals surface area contributed by atoms with Crippen LogP contribution in [0.3, 0.4) is 0 Å². The van der Waals surface area contributed by atoms with Gasteiger partial charge in [0.25, 0.3) is 11.8 Å². The van der Waals surface area contributed by atoms with Gasteiger partial charge in [-0.05, 0) is 76.1 Å². The molecule has 1 saturated carbocycles. The van der Waals surface area contributed by atoms with Crippen molar-refractivity contribution in [2.75, 3.05) is 19.6 Å². The minimum absolute atomic E-state index is 0.00198. The third-order valence-electron chi connectivity index (χ3n) is 10.5. The van der Waals surface area contributed by atoms with Crippen molar-refractivity contribution in [1.29, 1.82) is 0 Å². The molecule has 4 aliphatic rings. The molecule has 3 aromatic rings. The largest absolute Gasteiger partial charge is 0.503 e. The Kier molecular flexibility index (Phi) is 9.01. The molecule has 3 fully saturated rings. The maximum atomic E-state index is 15.2. The van der Waals surface area contributed by atoms with Crippen molar-refractivity contribution in [3.05, 3.63) is 91.5 Å². The standard InChI is InChI=1S/C35H26BrCl2F3N4O8/c1-52-24-10-14(9-22(36)27(24)46)26-18-7-8-19-25(31(49)44(29(19)47)33(51)53-2)20(18)12-21-30(48)45(32(50)34(21,26)15-3-5-17(37)6-4-15)43-28-23(38)11-16(13-42-28)35(39,40)41/h3-7,9-11,13,19-21,25-26,46H,8,12H2,1-2H3,(H,42,43)/t19-,20+,21-,25-,26-,34+/m0/s1. The van der Waals surface area contributed by atoms with Crippen molar-refractivity contribution in [2.45, 2.75) is 30.4 Å². The molecule has 0 unspecified atom stereocenters. The first-order valence-corrected chi connectivity index (χ1v) is 17.5. The Morgan fingerprint density at radius 3 is 2.36 bits per heavy atom. The number of benzene rings is 2. The highest BCUT2D eigenvalue weighted by Crippen LogP contribution is 2.64. The van der Waals surface area contributed by atoms with Crippen molar-refractivity contribution >= 4 is 74.7 Å². The van der Waals surface area contributed by atoms with Crippen LogP contribution in [0.25, 0.3) is 0 Å². The zero-order valence-corrected chi connectivity index (χ0v) is 30.5. The summed E-state index contributed by atoms with van der Waals surface area (Å²) in [7, 11) is 2.35. The Hall–Kier alpha value is -4.67. The zero-order chi connectivity index (χ0) is 38.3. The van der Waals surface area contributed by atoms with Crippen molar-refractivity contribution in [2.24, 2.45) is 23.7 Å². The van der Waals surface area contributed by atoms with Crippen molar-refractivity contribution in [3.63, 3.8) is 0 Å². The van der Waals surface area contributed by atoms with Crippen molar-refractivity contribution in [1.82, 2.24) is 14.9 Å². The van der Waals surface area contributed by atoms with Crippen LogP contribution in [0.15, 0.2) is 64.8 Å². The van der Waals surface area contributed by atoms with Crippen LogP contribution in [-0.2, 0) is 35.5 Å². The molecule has 0 radical (unpaired) electrons. The molecule has 5 amide bonds. The third kappa shape index (κ3) is 5.47.